The number of amides is 1. The third kappa shape index (κ3) is 3.76. The molecule has 0 aliphatic heterocycles. The number of aromatic nitrogens is 2. The van der Waals surface area contributed by atoms with Crippen LogP contribution in [0, 0.1) is 6.92 Å². The van der Waals surface area contributed by atoms with Crippen LogP contribution in [-0.4, -0.2) is 29.7 Å². The quantitative estimate of drug-likeness (QED) is 0.721. The lowest BCUT2D eigenvalue weighted by atomic mass is 10.2. The summed E-state index contributed by atoms with van der Waals surface area (Å²) >= 11 is 0. The molecule has 0 atom stereocenters. The standard InChI is InChI=1S/C20H21N3O4/c1-13-22-16-9-5-4-8-15(16)20(25)23(13)12-18(24)21-11-14-7-6-10-17(26-2)19(14)27-3/h4-10H,11-12H2,1-3H3,(H,21,24). The van der Waals surface area contributed by atoms with Crippen LogP contribution in [0.3, 0.4) is 0 Å². The van der Waals surface area contributed by atoms with Crippen LogP contribution in [-0.2, 0) is 17.9 Å². The Morgan fingerprint density at radius 2 is 1.89 bits per heavy atom. The molecule has 0 fully saturated rings. The molecule has 7 nitrogen and oxygen atoms in total. The van der Waals surface area contributed by atoms with Crippen molar-refractivity contribution in [3.8, 4) is 11.5 Å². The maximum absolute atomic E-state index is 12.6. The molecule has 0 saturated heterocycles. The second-order valence-electron chi connectivity index (χ2n) is 6.00. The van der Waals surface area contributed by atoms with Crippen molar-refractivity contribution in [1.29, 1.82) is 0 Å². The van der Waals surface area contributed by atoms with Gasteiger partial charge in [0.15, 0.2) is 11.5 Å². The van der Waals surface area contributed by atoms with E-state index in [1.165, 1.54) is 4.57 Å². The summed E-state index contributed by atoms with van der Waals surface area (Å²) in [7, 11) is 3.11. The summed E-state index contributed by atoms with van der Waals surface area (Å²) in [6, 6.07) is 12.5. The van der Waals surface area contributed by atoms with Crippen molar-refractivity contribution < 1.29 is 14.3 Å². The van der Waals surface area contributed by atoms with Crippen molar-refractivity contribution in [2.75, 3.05) is 14.2 Å². The van der Waals surface area contributed by atoms with Gasteiger partial charge >= 0.3 is 0 Å². The first kappa shape index (κ1) is 18.4. The summed E-state index contributed by atoms with van der Waals surface area (Å²) in [5.41, 5.74) is 1.18. The number of hydrogen-bond donors (Lipinski definition) is 1. The molecule has 0 unspecified atom stereocenters. The second-order valence-corrected chi connectivity index (χ2v) is 6.00. The van der Waals surface area contributed by atoms with E-state index in [2.05, 4.69) is 10.3 Å². The zero-order valence-corrected chi connectivity index (χ0v) is 15.5. The summed E-state index contributed by atoms with van der Waals surface area (Å²) in [6.07, 6.45) is 0. The van der Waals surface area contributed by atoms with Crippen LogP contribution < -0.4 is 20.3 Å². The Bertz CT molecular complexity index is 1040. The highest BCUT2D eigenvalue weighted by molar-refractivity contribution is 5.79. The molecule has 1 amide bonds. The van der Waals surface area contributed by atoms with Gasteiger partial charge in [-0.1, -0.05) is 24.3 Å². The van der Waals surface area contributed by atoms with Gasteiger partial charge in [0.1, 0.15) is 12.4 Å². The Balaban J connectivity index is 1.78. The first-order valence-electron chi connectivity index (χ1n) is 8.48. The fourth-order valence-corrected chi connectivity index (χ4v) is 2.95. The summed E-state index contributed by atoms with van der Waals surface area (Å²) < 4.78 is 12.0. The normalized spacial score (nSPS) is 10.6. The molecule has 2 aromatic carbocycles. The van der Waals surface area contributed by atoms with Crippen LogP contribution in [0.5, 0.6) is 11.5 Å². The zero-order chi connectivity index (χ0) is 19.4. The number of carbonyl (C=O) groups is 1. The molecule has 0 aliphatic rings. The maximum atomic E-state index is 12.6. The van der Waals surface area contributed by atoms with E-state index >= 15 is 0 Å². The average Bonchev–Trinajstić information content (AvgIpc) is 2.69. The minimum absolute atomic E-state index is 0.102. The number of benzene rings is 2. The number of ether oxygens (including phenoxy) is 2. The number of hydrogen-bond acceptors (Lipinski definition) is 5. The molecule has 3 aromatic rings. The minimum atomic E-state index is -0.290. The Kier molecular flexibility index (Phi) is 5.40. The molecule has 3 rings (SSSR count). The minimum Gasteiger partial charge on any atom is -0.493 e. The lowest BCUT2D eigenvalue weighted by Crippen LogP contribution is -2.33. The summed E-state index contributed by atoms with van der Waals surface area (Å²) in [4.78, 5) is 29.5. The topological polar surface area (TPSA) is 82.5 Å². The van der Waals surface area contributed by atoms with Gasteiger partial charge in [0.05, 0.1) is 25.1 Å². The van der Waals surface area contributed by atoms with Crippen molar-refractivity contribution in [3.63, 3.8) is 0 Å². The molecule has 1 N–H and O–H groups in total. The predicted octanol–water partition coefficient (Wildman–Crippen LogP) is 2.04. The van der Waals surface area contributed by atoms with E-state index in [1.54, 1.807) is 45.4 Å². The number of nitrogens with zero attached hydrogens (tertiary/aromatic N) is 2. The van der Waals surface area contributed by atoms with Gasteiger partial charge in [-0.25, -0.2) is 4.98 Å². The monoisotopic (exact) mass is 367 g/mol. The second kappa shape index (κ2) is 7.90. The van der Waals surface area contributed by atoms with E-state index in [0.29, 0.717) is 28.2 Å². The van der Waals surface area contributed by atoms with Gasteiger partial charge in [-0.05, 0) is 25.1 Å². The van der Waals surface area contributed by atoms with E-state index in [1.807, 2.05) is 18.2 Å². The third-order valence-corrected chi connectivity index (χ3v) is 4.31. The Hall–Kier alpha value is -3.35. The van der Waals surface area contributed by atoms with Gasteiger partial charge in [-0.2, -0.15) is 0 Å². The summed E-state index contributed by atoms with van der Waals surface area (Å²) in [6.45, 7) is 1.87. The van der Waals surface area contributed by atoms with Gasteiger partial charge in [0.2, 0.25) is 5.91 Å². The maximum Gasteiger partial charge on any atom is 0.261 e. The summed E-state index contributed by atoms with van der Waals surface area (Å²) in [5.74, 6) is 1.37. The van der Waals surface area contributed by atoms with Crippen LogP contribution in [0.15, 0.2) is 47.3 Å². The number of aryl methyl sites for hydroxylation is 1. The number of nitrogens with one attached hydrogen (secondary N) is 1. The largest absolute Gasteiger partial charge is 0.493 e. The first-order valence-corrected chi connectivity index (χ1v) is 8.48. The molecule has 0 aliphatic carbocycles. The van der Waals surface area contributed by atoms with E-state index in [9.17, 15) is 9.59 Å². The molecule has 1 aromatic heterocycles. The van der Waals surface area contributed by atoms with Crippen molar-refractivity contribution in [2.24, 2.45) is 0 Å². The highest BCUT2D eigenvalue weighted by Crippen LogP contribution is 2.30. The van der Waals surface area contributed by atoms with Gasteiger partial charge in [-0.3, -0.25) is 14.2 Å². The van der Waals surface area contributed by atoms with Crippen molar-refractivity contribution in [1.82, 2.24) is 14.9 Å². The molecular formula is C20H21N3O4. The van der Waals surface area contributed by atoms with Crippen LogP contribution in [0.4, 0.5) is 0 Å². The van der Waals surface area contributed by atoms with E-state index < -0.39 is 0 Å². The smallest absolute Gasteiger partial charge is 0.261 e. The molecule has 0 radical (unpaired) electrons. The highest BCUT2D eigenvalue weighted by atomic mass is 16.5. The van der Waals surface area contributed by atoms with E-state index in [4.69, 9.17) is 9.47 Å². The Labute approximate surface area is 156 Å². The molecule has 7 heteroatoms. The number of rotatable bonds is 6. The number of methoxy groups -OCH3 is 2. The Morgan fingerprint density at radius 3 is 2.63 bits per heavy atom. The fraction of sp³-hybridized carbons (Fsp3) is 0.250. The first-order chi connectivity index (χ1) is 13.0. The van der Waals surface area contributed by atoms with Crippen LogP contribution in [0.2, 0.25) is 0 Å². The van der Waals surface area contributed by atoms with Gasteiger partial charge in [-0.15, -0.1) is 0 Å². The lowest BCUT2D eigenvalue weighted by molar-refractivity contribution is -0.121. The average molecular weight is 367 g/mol. The van der Waals surface area contributed by atoms with Gasteiger partial charge in [0.25, 0.3) is 5.56 Å². The van der Waals surface area contributed by atoms with Crippen molar-refractivity contribution >= 4 is 16.8 Å². The van der Waals surface area contributed by atoms with Crippen LogP contribution in [0.25, 0.3) is 10.9 Å². The van der Waals surface area contributed by atoms with Crippen molar-refractivity contribution in [2.45, 2.75) is 20.0 Å². The molecule has 0 bridgehead atoms. The Morgan fingerprint density at radius 1 is 1.11 bits per heavy atom. The van der Waals surface area contributed by atoms with Crippen LogP contribution >= 0.6 is 0 Å². The number of para-hydroxylation sites is 2. The van der Waals surface area contributed by atoms with Crippen molar-refractivity contribution in [3.05, 3.63) is 64.2 Å². The molecule has 0 saturated carbocycles. The molecule has 0 spiro atoms. The van der Waals surface area contributed by atoms with E-state index in [0.717, 1.165) is 5.56 Å². The SMILES string of the molecule is COc1cccc(CNC(=O)Cn2c(C)nc3ccccc3c2=O)c1OC. The number of carbonyl (C=O) groups excluding carboxylic acids is 1. The molecule has 27 heavy (non-hydrogen) atoms. The molecule has 1 heterocycles. The van der Waals surface area contributed by atoms with Gasteiger partial charge in [0, 0.05) is 12.1 Å². The van der Waals surface area contributed by atoms with Gasteiger partial charge < -0.3 is 14.8 Å². The zero-order valence-electron chi connectivity index (χ0n) is 15.5. The lowest BCUT2D eigenvalue weighted by Gasteiger charge is -2.14. The predicted molar refractivity (Wildman–Crippen MR) is 102 cm³/mol. The fourth-order valence-electron chi connectivity index (χ4n) is 2.95. The highest BCUT2D eigenvalue weighted by Gasteiger charge is 2.13. The van der Waals surface area contributed by atoms with Crippen LogP contribution in [0.1, 0.15) is 11.4 Å². The molecular weight excluding hydrogens is 346 g/mol. The summed E-state index contributed by atoms with van der Waals surface area (Å²) in [5, 5.41) is 3.31. The molecule has 140 valence electrons. The third-order valence-electron chi connectivity index (χ3n) is 4.31. The van der Waals surface area contributed by atoms with E-state index in [-0.39, 0.29) is 24.6 Å². The number of fused-ring (bicyclic) bond motifs is 1.